The zero-order valence-electron chi connectivity index (χ0n) is 19.2. The summed E-state index contributed by atoms with van der Waals surface area (Å²) < 4.78 is 66.2. The SMILES string of the molecule is NC(=O)c1ccc2c(c1F)C([C@@H](c1ccccc1OC1CC1)C(F)(F)F)N(C1CCC(=O)NC1=O)C2=O. The molecule has 3 N–H and O–H groups in total. The van der Waals surface area contributed by atoms with Crippen LogP contribution in [0.1, 0.15) is 69.5 Å². The Hall–Kier alpha value is -3.96. The Morgan fingerprint density at radius 3 is 2.41 bits per heavy atom. The Morgan fingerprint density at radius 2 is 1.78 bits per heavy atom. The first-order valence-electron chi connectivity index (χ1n) is 11.6. The fourth-order valence-electron chi connectivity index (χ4n) is 5.01. The quantitative estimate of drug-likeness (QED) is 0.449. The van der Waals surface area contributed by atoms with Gasteiger partial charge in [-0.2, -0.15) is 13.2 Å². The number of carbonyl (C=O) groups is 4. The minimum Gasteiger partial charge on any atom is -0.490 e. The van der Waals surface area contributed by atoms with Crippen molar-refractivity contribution in [3.8, 4) is 5.75 Å². The predicted octanol–water partition coefficient (Wildman–Crippen LogP) is 3.11. The fourth-order valence-corrected chi connectivity index (χ4v) is 5.01. The third kappa shape index (κ3) is 4.30. The van der Waals surface area contributed by atoms with Crippen molar-refractivity contribution in [3.05, 3.63) is 64.5 Å². The normalized spacial score (nSPS) is 22.5. The molecule has 12 heteroatoms. The summed E-state index contributed by atoms with van der Waals surface area (Å²) in [5, 5.41) is 2.04. The van der Waals surface area contributed by atoms with Gasteiger partial charge in [-0.15, -0.1) is 0 Å². The molecule has 0 aromatic heterocycles. The molecule has 4 amide bonds. The molecule has 1 saturated carbocycles. The van der Waals surface area contributed by atoms with E-state index in [1.54, 1.807) is 0 Å². The molecule has 2 aromatic carbocycles. The highest BCUT2D eigenvalue weighted by Crippen LogP contribution is 2.54. The summed E-state index contributed by atoms with van der Waals surface area (Å²) >= 11 is 0. The number of hydrogen-bond donors (Lipinski definition) is 2. The number of para-hydroxylation sites is 1. The van der Waals surface area contributed by atoms with E-state index in [1.165, 1.54) is 24.3 Å². The van der Waals surface area contributed by atoms with E-state index in [-0.39, 0.29) is 30.3 Å². The molecule has 1 saturated heterocycles. The smallest absolute Gasteiger partial charge is 0.398 e. The molecule has 0 bridgehead atoms. The topological polar surface area (TPSA) is 119 Å². The van der Waals surface area contributed by atoms with Crippen molar-refractivity contribution in [1.29, 1.82) is 0 Å². The third-order valence-electron chi connectivity index (χ3n) is 6.79. The first-order chi connectivity index (χ1) is 17.5. The number of primary amides is 1. The number of nitrogens with two attached hydrogens (primary N) is 1. The number of carbonyl (C=O) groups excluding carboxylic acids is 4. The van der Waals surface area contributed by atoms with Crippen molar-refractivity contribution in [1.82, 2.24) is 10.2 Å². The van der Waals surface area contributed by atoms with Gasteiger partial charge in [0.1, 0.15) is 23.5 Å². The molecule has 5 rings (SSSR count). The van der Waals surface area contributed by atoms with Gasteiger partial charge >= 0.3 is 6.18 Å². The molecular weight excluding hydrogens is 498 g/mol. The lowest BCUT2D eigenvalue weighted by molar-refractivity contribution is -0.167. The number of hydrogen-bond acceptors (Lipinski definition) is 5. The van der Waals surface area contributed by atoms with E-state index in [9.17, 15) is 32.3 Å². The lowest BCUT2D eigenvalue weighted by Crippen LogP contribution is -2.55. The van der Waals surface area contributed by atoms with E-state index in [2.05, 4.69) is 0 Å². The molecule has 37 heavy (non-hydrogen) atoms. The molecule has 2 aromatic rings. The second-order valence-electron chi connectivity index (χ2n) is 9.25. The summed E-state index contributed by atoms with van der Waals surface area (Å²) in [6.07, 6.45) is -4.48. The number of piperidine rings is 1. The van der Waals surface area contributed by atoms with Crippen molar-refractivity contribution in [2.24, 2.45) is 5.73 Å². The van der Waals surface area contributed by atoms with Crippen molar-refractivity contribution in [2.75, 3.05) is 0 Å². The maximum Gasteiger partial charge on any atom is 0.398 e. The largest absolute Gasteiger partial charge is 0.490 e. The summed E-state index contributed by atoms with van der Waals surface area (Å²) in [5.41, 5.74) is 3.09. The number of halogens is 4. The summed E-state index contributed by atoms with van der Waals surface area (Å²) in [7, 11) is 0. The van der Waals surface area contributed by atoms with Crippen LogP contribution < -0.4 is 15.8 Å². The van der Waals surface area contributed by atoms with Crippen LogP contribution in [0.15, 0.2) is 36.4 Å². The van der Waals surface area contributed by atoms with Gasteiger partial charge in [0.05, 0.1) is 17.7 Å². The highest BCUT2D eigenvalue weighted by Gasteiger charge is 2.57. The van der Waals surface area contributed by atoms with Gasteiger partial charge in [-0.25, -0.2) is 4.39 Å². The maximum absolute atomic E-state index is 15.7. The van der Waals surface area contributed by atoms with Crippen LogP contribution in [0, 0.1) is 5.82 Å². The van der Waals surface area contributed by atoms with Gasteiger partial charge in [0, 0.05) is 23.1 Å². The van der Waals surface area contributed by atoms with E-state index >= 15 is 4.39 Å². The van der Waals surface area contributed by atoms with Crippen LogP contribution in [0.4, 0.5) is 17.6 Å². The van der Waals surface area contributed by atoms with Gasteiger partial charge in [0.15, 0.2) is 0 Å². The summed E-state index contributed by atoms with van der Waals surface area (Å²) in [5.74, 6) is -7.85. The Labute approximate surface area is 207 Å². The van der Waals surface area contributed by atoms with E-state index in [4.69, 9.17) is 10.5 Å². The summed E-state index contributed by atoms with van der Waals surface area (Å²) in [4.78, 5) is 50.4. The fraction of sp³-hybridized carbons (Fsp3) is 0.360. The first-order valence-corrected chi connectivity index (χ1v) is 11.6. The van der Waals surface area contributed by atoms with Crippen LogP contribution in [0.5, 0.6) is 5.75 Å². The molecule has 8 nitrogen and oxygen atoms in total. The van der Waals surface area contributed by atoms with Gasteiger partial charge in [0.2, 0.25) is 11.8 Å². The zero-order chi connectivity index (χ0) is 26.6. The lowest BCUT2D eigenvalue weighted by Gasteiger charge is -2.39. The number of alkyl halides is 3. The molecule has 2 fully saturated rings. The molecule has 194 valence electrons. The van der Waals surface area contributed by atoms with Crippen LogP contribution in [0.2, 0.25) is 0 Å². The third-order valence-corrected chi connectivity index (χ3v) is 6.79. The van der Waals surface area contributed by atoms with E-state index in [1.807, 2.05) is 5.32 Å². The highest BCUT2D eigenvalue weighted by molar-refractivity contribution is 6.06. The molecule has 3 aliphatic rings. The van der Waals surface area contributed by atoms with E-state index in [0.29, 0.717) is 17.7 Å². The summed E-state index contributed by atoms with van der Waals surface area (Å²) in [6, 6.07) is 3.78. The number of fused-ring (bicyclic) bond motifs is 1. The minimum atomic E-state index is -5.05. The highest BCUT2D eigenvalue weighted by atomic mass is 19.4. The van der Waals surface area contributed by atoms with Gasteiger partial charge in [-0.1, -0.05) is 18.2 Å². The monoisotopic (exact) mass is 519 g/mol. The molecule has 0 radical (unpaired) electrons. The van der Waals surface area contributed by atoms with Crippen molar-refractivity contribution in [2.45, 2.75) is 56.0 Å². The van der Waals surface area contributed by atoms with E-state index < -0.39 is 70.3 Å². The second kappa shape index (κ2) is 8.86. The van der Waals surface area contributed by atoms with Crippen LogP contribution in [-0.2, 0) is 9.59 Å². The van der Waals surface area contributed by atoms with Gasteiger partial charge in [-0.3, -0.25) is 24.5 Å². The standard InChI is InChI=1S/C25H21F4N3O5/c26-20-14(22(30)34)8-7-13-18(20)21(32(24(13)36)15-9-10-17(33)31-23(15)35)19(25(27,28)29)12-3-1-2-4-16(12)37-11-5-6-11/h1-4,7-8,11,15,19,21H,5-6,9-10H2,(H2,30,34)(H,31,33,35)/t15?,19-,21?/m1/s1. The number of nitrogens with one attached hydrogen (secondary N) is 1. The number of ether oxygens (including phenoxy) is 1. The number of amides is 4. The maximum atomic E-state index is 15.7. The molecule has 0 spiro atoms. The number of rotatable bonds is 6. The van der Waals surface area contributed by atoms with Crippen molar-refractivity contribution in [3.63, 3.8) is 0 Å². The lowest BCUT2D eigenvalue weighted by atomic mass is 9.84. The van der Waals surface area contributed by atoms with Crippen LogP contribution in [-0.4, -0.2) is 46.9 Å². The average molecular weight is 519 g/mol. The second-order valence-corrected chi connectivity index (χ2v) is 9.25. The summed E-state index contributed by atoms with van der Waals surface area (Å²) in [6.45, 7) is 0. The van der Waals surface area contributed by atoms with Crippen molar-refractivity contribution >= 4 is 23.6 Å². The number of benzene rings is 2. The van der Waals surface area contributed by atoms with Gasteiger partial charge < -0.3 is 15.4 Å². The molecule has 2 unspecified atom stereocenters. The Morgan fingerprint density at radius 1 is 1.08 bits per heavy atom. The van der Waals surface area contributed by atoms with Crippen LogP contribution >= 0.6 is 0 Å². The van der Waals surface area contributed by atoms with Crippen LogP contribution in [0.25, 0.3) is 0 Å². The zero-order valence-corrected chi connectivity index (χ0v) is 19.2. The first kappa shape index (κ1) is 24.7. The molecule has 3 atom stereocenters. The number of imide groups is 1. The molecule has 2 aliphatic heterocycles. The molecular formula is C25H21F4N3O5. The number of nitrogens with zero attached hydrogens (tertiary/aromatic N) is 1. The Bertz CT molecular complexity index is 1320. The minimum absolute atomic E-state index is 0.0806. The molecule has 2 heterocycles. The predicted molar refractivity (Wildman–Crippen MR) is 119 cm³/mol. The van der Waals surface area contributed by atoms with Crippen LogP contribution in [0.3, 0.4) is 0 Å². The van der Waals surface area contributed by atoms with Gasteiger partial charge in [0.25, 0.3) is 11.8 Å². The average Bonchev–Trinajstić information content (AvgIpc) is 3.58. The molecule has 1 aliphatic carbocycles. The van der Waals surface area contributed by atoms with Gasteiger partial charge in [-0.05, 0) is 37.5 Å². The Balaban J connectivity index is 1.74. The Kier molecular flexibility index (Phi) is 5.92. The van der Waals surface area contributed by atoms with E-state index in [0.717, 1.165) is 12.1 Å². The van der Waals surface area contributed by atoms with Crippen molar-refractivity contribution < 1.29 is 41.5 Å².